The molecule has 0 spiro atoms. The van der Waals surface area contributed by atoms with Gasteiger partial charge >= 0.3 is 0 Å². The third kappa shape index (κ3) is 5.26. The zero-order chi connectivity index (χ0) is 37.9. The normalized spacial score (nSPS) is 14.5. The molecule has 0 radical (unpaired) electrons. The molecule has 1 aliphatic carbocycles. The predicted octanol–water partition coefficient (Wildman–Crippen LogP) is 13.0. The number of rotatable bonds is 6. The molecule has 1 atom stereocenters. The fourth-order valence-corrected chi connectivity index (χ4v) is 8.93. The highest BCUT2D eigenvalue weighted by atomic mass is 15.0. The van der Waals surface area contributed by atoms with Gasteiger partial charge in [0.15, 0.2) is 17.5 Å². The lowest BCUT2D eigenvalue weighted by Gasteiger charge is -2.28. The summed E-state index contributed by atoms with van der Waals surface area (Å²) >= 11 is 0. The molecule has 268 valence electrons. The Morgan fingerprint density at radius 3 is 1.54 bits per heavy atom. The molecule has 0 amide bonds. The molecule has 10 aromatic rings. The molecular weight excluding hydrogens is 693 g/mol. The van der Waals surface area contributed by atoms with Crippen molar-refractivity contribution in [1.82, 2.24) is 19.5 Å². The summed E-state index contributed by atoms with van der Waals surface area (Å²) in [6, 6.07) is 71.1. The molecule has 0 saturated carbocycles. The molecule has 0 N–H and O–H groups in total. The third-order valence-electron chi connectivity index (χ3n) is 11.8. The van der Waals surface area contributed by atoms with Gasteiger partial charge in [-0.1, -0.05) is 170 Å². The summed E-state index contributed by atoms with van der Waals surface area (Å²) in [5, 5.41) is 2.48. The van der Waals surface area contributed by atoms with Crippen LogP contribution in [-0.2, 0) is 5.41 Å². The fraction of sp³-hybridized carbons (Fsp3) is 0.0377. The maximum atomic E-state index is 5.08. The van der Waals surface area contributed by atoms with Gasteiger partial charge in [0.25, 0.3) is 0 Å². The second-order valence-corrected chi connectivity index (χ2v) is 14.9. The minimum Gasteiger partial charge on any atom is -0.309 e. The Morgan fingerprint density at radius 2 is 0.877 bits per heavy atom. The third-order valence-corrected chi connectivity index (χ3v) is 11.8. The van der Waals surface area contributed by atoms with E-state index in [2.05, 4.69) is 175 Å². The predicted molar refractivity (Wildman–Crippen MR) is 233 cm³/mol. The lowest BCUT2D eigenvalue weighted by molar-refractivity contribution is 0.714. The Bertz CT molecular complexity index is 3100. The average molecular weight is 729 g/mol. The van der Waals surface area contributed by atoms with Gasteiger partial charge in [-0.3, -0.25) is 0 Å². The van der Waals surface area contributed by atoms with Crippen molar-refractivity contribution in [3.05, 3.63) is 217 Å². The lowest BCUT2D eigenvalue weighted by atomic mass is 9.74. The van der Waals surface area contributed by atoms with Gasteiger partial charge in [0.1, 0.15) is 0 Å². The first-order chi connectivity index (χ1) is 28.1. The Hall–Kier alpha value is -7.43. The van der Waals surface area contributed by atoms with Crippen molar-refractivity contribution in [3.8, 4) is 62.1 Å². The summed E-state index contributed by atoms with van der Waals surface area (Å²) in [4.78, 5) is 15.1. The van der Waals surface area contributed by atoms with Crippen molar-refractivity contribution in [2.45, 2.75) is 12.3 Å². The van der Waals surface area contributed by atoms with Gasteiger partial charge in [-0.2, -0.15) is 0 Å². The number of nitrogens with zero attached hydrogens (tertiary/aromatic N) is 4. The Kier molecular flexibility index (Phi) is 7.58. The largest absolute Gasteiger partial charge is 0.309 e. The number of fused-ring (bicyclic) bond motifs is 7. The van der Waals surface area contributed by atoms with Crippen LogP contribution in [0.25, 0.3) is 83.9 Å². The zero-order valence-electron chi connectivity index (χ0n) is 31.3. The number of hydrogen-bond donors (Lipinski definition) is 0. The summed E-state index contributed by atoms with van der Waals surface area (Å²) in [5.41, 5.74) is 14.9. The summed E-state index contributed by atoms with van der Waals surface area (Å²) in [6.45, 7) is 2.38. The standard InChI is InChI=1S/C53H36N4/c1-53(40-19-9-4-10-20-40)45-23-13-11-22-44(45)48-46(53)34-33-43-42-21-12-14-24-47(42)57(49(43)48)41-31-29-39(30-32-41)52-55-50(37-17-7-3-8-18-37)54-51(56-52)38-27-25-36(26-28-38)35-15-5-2-6-16-35/h2-34H,1H3. The van der Waals surface area contributed by atoms with Crippen LogP contribution in [0.15, 0.2) is 200 Å². The molecule has 0 bridgehead atoms. The van der Waals surface area contributed by atoms with E-state index in [1.165, 1.54) is 55.2 Å². The molecule has 0 saturated heterocycles. The molecule has 4 heteroatoms. The van der Waals surface area contributed by atoms with Crippen LogP contribution in [-0.4, -0.2) is 19.5 Å². The van der Waals surface area contributed by atoms with E-state index >= 15 is 0 Å². The van der Waals surface area contributed by atoms with Gasteiger partial charge in [-0.15, -0.1) is 0 Å². The van der Waals surface area contributed by atoms with Crippen molar-refractivity contribution in [1.29, 1.82) is 0 Å². The van der Waals surface area contributed by atoms with Gasteiger partial charge in [-0.05, 0) is 70.6 Å². The second-order valence-electron chi connectivity index (χ2n) is 14.9. The van der Waals surface area contributed by atoms with E-state index < -0.39 is 0 Å². The van der Waals surface area contributed by atoms with Gasteiger partial charge in [0.2, 0.25) is 0 Å². The number of aromatic nitrogens is 4. The van der Waals surface area contributed by atoms with E-state index in [1.54, 1.807) is 0 Å². The Balaban J connectivity index is 1.07. The molecule has 0 aliphatic heterocycles. The highest BCUT2D eigenvalue weighted by Gasteiger charge is 2.42. The maximum Gasteiger partial charge on any atom is 0.164 e. The van der Waals surface area contributed by atoms with E-state index in [4.69, 9.17) is 15.0 Å². The van der Waals surface area contributed by atoms with Gasteiger partial charge < -0.3 is 4.57 Å². The van der Waals surface area contributed by atoms with Crippen LogP contribution in [0.1, 0.15) is 23.6 Å². The summed E-state index contributed by atoms with van der Waals surface area (Å²) in [5.74, 6) is 1.92. The fourth-order valence-electron chi connectivity index (χ4n) is 8.93. The van der Waals surface area contributed by atoms with Crippen molar-refractivity contribution in [3.63, 3.8) is 0 Å². The monoisotopic (exact) mass is 728 g/mol. The summed E-state index contributed by atoms with van der Waals surface area (Å²) in [6.07, 6.45) is 0. The maximum absolute atomic E-state index is 5.08. The quantitative estimate of drug-likeness (QED) is 0.171. The van der Waals surface area contributed by atoms with Gasteiger partial charge in [0, 0.05) is 44.1 Å². The number of benzene rings is 8. The van der Waals surface area contributed by atoms with E-state index in [1.807, 2.05) is 36.4 Å². The summed E-state index contributed by atoms with van der Waals surface area (Å²) in [7, 11) is 0. The van der Waals surface area contributed by atoms with Gasteiger partial charge in [-0.25, -0.2) is 15.0 Å². The minimum atomic E-state index is -0.290. The average Bonchev–Trinajstić information content (AvgIpc) is 3.77. The van der Waals surface area contributed by atoms with E-state index in [9.17, 15) is 0 Å². The topological polar surface area (TPSA) is 43.6 Å². The molecule has 2 aromatic heterocycles. The molecular formula is C53H36N4. The summed E-state index contributed by atoms with van der Waals surface area (Å²) < 4.78 is 2.45. The van der Waals surface area contributed by atoms with E-state index in [0.29, 0.717) is 17.5 Å². The molecule has 8 aromatic carbocycles. The second kappa shape index (κ2) is 13.1. The SMILES string of the molecule is CC1(c2ccccc2)c2ccccc2-c2c1ccc1c3ccccc3n(-c3ccc(-c4nc(-c5ccccc5)nc(-c5ccc(-c6ccccc6)cc5)n4)cc3)c21. The molecule has 1 unspecified atom stereocenters. The van der Waals surface area contributed by atoms with Crippen LogP contribution < -0.4 is 0 Å². The van der Waals surface area contributed by atoms with Crippen LogP contribution in [0.5, 0.6) is 0 Å². The van der Waals surface area contributed by atoms with Crippen molar-refractivity contribution in [2.75, 3.05) is 0 Å². The number of hydrogen-bond acceptors (Lipinski definition) is 3. The molecule has 4 nitrogen and oxygen atoms in total. The first kappa shape index (κ1) is 33.0. The highest BCUT2D eigenvalue weighted by Crippen LogP contribution is 2.55. The van der Waals surface area contributed by atoms with Gasteiger partial charge in [0.05, 0.1) is 11.0 Å². The molecule has 11 rings (SSSR count). The Labute approximate surface area is 331 Å². The smallest absolute Gasteiger partial charge is 0.164 e. The lowest BCUT2D eigenvalue weighted by Crippen LogP contribution is -2.22. The molecule has 2 heterocycles. The molecule has 1 aliphatic rings. The van der Waals surface area contributed by atoms with E-state index in [0.717, 1.165) is 27.9 Å². The number of para-hydroxylation sites is 1. The zero-order valence-corrected chi connectivity index (χ0v) is 31.3. The molecule has 0 fully saturated rings. The Morgan fingerprint density at radius 1 is 0.386 bits per heavy atom. The van der Waals surface area contributed by atoms with Crippen molar-refractivity contribution < 1.29 is 0 Å². The van der Waals surface area contributed by atoms with Crippen LogP contribution in [0.4, 0.5) is 0 Å². The molecule has 57 heavy (non-hydrogen) atoms. The van der Waals surface area contributed by atoms with Crippen molar-refractivity contribution in [2.24, 2.45) is 0 Å². The first-order valence-corrected chi connectivity index (χ1v) is 19.5. The first-order valence-electron chi connectivity index (χ1n) is 19.5. The van der Waals surface area contributed by atoms with Crippen LogP contribution >= 0.6 is 0 Å². The van der Waals surface area contributed by atoms with Crippen LogP contribution in [0.3, 0.4) is 0 Å². The van der Waals surface area contributed by atoms with Crippen molar-refractivity contribution >= 4 is 21.8 Å². The van der Waals surface area contributed by atoms with Crippen LogP contribution in [0, 0.1) is 0 Å². The van der Waals surface area contributed by atoms with Crippen LogP contribution in [0.2, 0.25) is 0 Å². The highest BCUT2D eigenvalue weighted by molar-refractivity contribution is 6.15. The minimum absolute atomic E-state index is 0.290. The van der Waals surface area contributed by atoms with E-state index in [-0.39, 0.29) is 5.41 Å².